The fourth-order valence-electron chi connectivity index (χ4n) is 10.7. The number of hydrogen-bond acceptors (Lipinski definition) is 1. The Bertz CT molecular complexity index is 4140. The lowest BCUT2D eigenvalue weighted by Crippen LogP contribution is -1.98. The summed E-state index contributed by atoms with van der Waals surface area (Å²) in [5.74, 6) is 0. The molecule has 0 radical (unpaired) electrons. The molecule has 10 aromatic carbocycles. The van der Waals surface area contributed by atoms with E-state index in [0.717, 1.165) is 66.7 Å². The van der Waals surface area contributed by atoms with Gasteiger partial charge in [0.2, 0.25) is 0 Å². The van der Waals surface area contributed by atoms with E-state index in [1.54, 1.807) is 0 Å². The number of rotatable bonds is 5. The summed E-state index contributed by atoms with van der Waals surface area (Å²) in [7, 11) is 0. The minimum atomic E-state index is 0.871. The van der Waals surface area contributed by atoms with Gasteiger partial charge in [0.1, 0.15) is 11.2 Å². The van der Waals surface area contributed by atoms with Gasteiger partial charge in [-0.05, 0) is 89.5 Å². The molecule has 0 N–H and O–H groups in total. The van der Waals surface area contributed by atoms with Crippen molar-refractivity contribution < 1.29 is 4.42 Å². The van der Waals surface area contributed by atoms with Crippen molar-refractivity contribution >= 4 is 87.4 Å². The van der Waals surface area contributed by atoms with Crippen molar-refractivity contribution in [3.63, 3.8) is 0 Å². The second-order valence-corrected chi connectivity index (χ2v) is 16.8. The lowest BCUT2D eigenvalue weighted by Gasteiger charge is -2.15. The first-order valence-electron chi connectivity index (χ1n) is 21.9. The van der Waals surface area contributed by atoms with Crippen molar-refractivity contribution in [2.24, 2.45) is 0 Å². The second kappa shape index (κ2) is 13.4. The van der Waals surface area contributed by atoms with Gasteiger partial charge in [-0.3, -0.25) is 0 Å². The molecule has 0 saturated carbocycles. The zero-order chi connectivity index (χ0) is 41.9. The van der Waals surface area contributed by atoms with E-state index < -0.39 is 0 Å². The Kier molecular flexibility index (Phi) is 7.36. The van der Waals surface area contributed by atoms with Crippen molar-refractivity contribution in [2.75, 3.05) is 0 Å². The van der Waals surface area contributed by atoms with Crippen molar-refractivity contribution in [3.8, 4) is 39.3 Å². The van der Waals surface area contributed by atoms with Gasteiger partial charge in [0.15, 0.2) is 0 Å². The topological polar surface area (TPSA) is 27.9 Å². The number of fused-ring (bicyclic) bond motifs is 12. The molecule has 64 heavy (non-hydrogen) atoms. The molecular weight excluding hydrogens is 779 g/mol. The van der Waals surface area contributed by atoms with Crippen LogP contribution in [-0.4, -0.2) is 13.7 Å². The van der Waals surface area contributed by atoms with Gasteiger partial charge >= 0.3 is 0 Å². The SMILES string of the molecule is c1ccc(-c2ccccc2-c2ccc(-n3c4ccccc4c4ccc(-n5c6ccccc6c6cc(-n7c8ccccc8c8ccccc87)ccc65)cc43)c3c2oc2ccccc23)cc1. The van der Waals surface area contributed by atoms with Crippen LogP contribution in [0.3, 0.4) is 0 Å². The van der Waals surface area contributed by atoms with Crippen molar-refractivity contribution in [2.45, 2.75) is 0 Å². The summed E-state index contributed by atoms with van der Waals surface area (Å²) in [4.78, 5) is 0. The number of para-hydroxylation sites is 5. The zero-order valence-electron chi connectivity index (χ0n) is 34.6. The van der Waals surface area contributed by atoms with Crippen LogP contribution >= 0.6 is 0 Å². The van der Waals surface area contributed by atoms with Gasteiger partial charge in [-0.15, -0.1) is 0 Å². The minimum Gasteiger partial charge on any atom is -0.455 e. The summed E-state index contributed by atoms with van der Waals surface area (Å²) in [6.07, 6.45) is 0. The highest BCUT2D eigenvalue weighted by molar-refractivity contribution is 6.18. The molecule has 14 aromatic rings. The van der Waals surface area contributed by atoms with Crippen molar-refractivity contribution in [1.82, 2.24) is 13.7 Å². The van der Waals surface area contributed by atoms with Gasteiger partial charge < -0.3 is 18.1 Å². The molecule has 0 unspecified atom stereocenters. The highest BCUT2D eigenvalue weighted by Crippen LogP contribution is 2.45. The number of nitrogens with zero attached hydrogens (tertiary/aromatic N) is 3. The van der Waals surface area contributed by atoms with Gasteiger partial charge in [0.05, 0.1) is 44.2 Å². The number of hydrogen-bond donors (Lipinski definition) is 0. The highest BCUT2D eigenvalue weighted by atomic mass is 16.3. The van der Waals surface area contributed by atoms with Crippen LogP contribution in [0.5, 0.6) is 0 Å². The van der Waals surface area contributed by atoms with Crippen LogP contribution in [0.15, 0.2) is 229 Å². The zero-order valence-corrected chi connectivity index (χ0v) is 34.6. The van der Waals surface area contributed by atoms with E-state index in [9.17, 15) is 0 Å². The van der Waals surface area contributed by atoms with Crippen LogP contribution in [0.4, 0.5) is 0 Å². The molecule has 0 fully saturated rings. The monoisotopic (exact) mass is 815 g/mol. The molecule has 4 heteroatoms. The van der Waals surface area contributed by atoms with Gasteiger partial charge in [-0.2, -0.15) is 0 Å². The third-order valence-corrected chi connectivity index (χ3v) is 13.5. The van der Waals surface area contributed by atoms with E-state index in [-0.39, 0.29) is 0 Å². The molecule has 0 atom stereocenters. The first-order chi connectivity index (χ1) is 31.8. The maximum atomic E-state index is 6.94. The Morgan fingerprint density at radius 3 is 1.44 bits per heavy atom. The van der Waals surface area contributed by atoms with Crippen LogP contribution < -0.4 is 0 Å². The number of benzene rings is 10. The van der Waals surface area contributed by atoms with Gasteiger partial charge in [0.25, 0.3) is 0 Å². The fourth-order valence-corrected chi connectivity index (χ4v) is 10.7. The molecule has 0 aliphatic rings. The van der Waals surface area contributed by atoms with Crippen molar-refractivity contribution in [3.05, 3.63) is 224 Å². The van der Waals surface area contributed by atoms with Crippen LogP contribution in [0.2, 0.25) is 0 Å². The van der Waals surface area contributed by atoms with Gasteiger partial charge in [-0.1, -0.05) is 152 Å². The maximum absolute atomic E-state index is 6.94. The van der Waals surface area contributed by atoms with Crippen molar-refractivity contribution in [1.29, 1.82) is 0 Å². The van der Waals surface area contributed by atoms with E-state index in [1.807, 2.05) is 0 Å². The van der Waals surface area contributed by atoms with Crippen LogP contribution in [0.25, 0.3) is 127 Å². The highest BCUT2D eigenvalue weighted by Gasteiger charge is 2.23. The fraction of sp³-hybridized carbons (Fsp3) is 0. The number of aromatic nitrogens is 3. The normalized spacial score (nSPS) is 12.1. The standard InChI is InChI=1S/C60H37N3O/c1-2-16-38(17-3-1)41-18-4-5-19-42(41)48-33-35-56(59-49-24-10-15-29-58(49)64-60(48)59)63-54-28-14-8-22-45(54)47-32-30-40(37-57(47)63)62-53-27-13-9-23-46(53)50-36-39(31-34-55(50)62)61-51-25-11-6-20-43(51)44-21-7-12-26-52(44)61/h1-37H. The molecular formula is C60H37N3O. The Labute approximate surface area is 367 Å². The summed E-state index contributed by atoms with van der Waals surface area (Å²) >= 11 is 0. The van der Waals surface area contributed by atoms with E-state index >= 15 is 0 Å². The molecule has 0 aliphatic heterocycles. The van der Waals surface area contributed by atoms with Crippen LogP contribution in [-0.2, 0) is 0 Å². The Morgan fingerprint density at radius 1 is 0.281 bits per heavy atom. The summed E-state index contributed by atoms with van der Waals surface area (Å²) in [6, 6.07) is 81.4. The predicted molar refractivity (Wildman–Crippen MR) is 268 cm³/mol. The summed E-state index contributed by atoms with van der Waals surface area (Å²) in [5.41, 5.74) is 16.7. The Balaban J connectivity index is 1.02. The molecule has 4 aromatic heterocycles. The third kappa shape index (κ3) is 4.93. The maximum Gasteiger partial charge on any atom is 0.145 e. The molecule has 4 heterocycles. The number of furan rings is 1. The molecule has 0 aliphatic carbocycles. The van der Waals surface area contributed by atoms with Gasteiger partial charge in [0, 0.05) is 54.6 Å². The van der Waals surface area contributed by atoms with Gasteiger partial charge in [-0.25, -0.2) is 0 Å². The average Bonchev–Trinajstić information content (AvgIpc) is 4.10. The third-order valence-electron chi connectivity index (χ3n) is 13.5. The molecule has 0 bridgehead atoms. The van der Waals surface area contributed by atoms with E-state index in [0.29, 0.717) is 0 Å². The summed E-state index contributed by atoms with van der Waals surface area (Å²) in [6.45, 7) is 0. The second-order valence-electron chi connectivity index (χ2n) is 16.8. The van der Waals surface area contributed by atoms with Crippen LogP contribution in [0.1, 0.15) is 0 Å². The minimum absolute atomic E-state index is 0.871. The largest absolute Gasteiger partial charge is 0.455 e. The molecule has 298 valence electrons. The van der Waals surface area contributed by atoms with E-state index in [1.165, 1.54) is 60.0 Å². The molecule has 0 amide bonds. The van der Waals surface area contributed by atoms with Crippen LogP contribution in [0, 0.1) is 0 Å². The quantitative estimate of drug-likeness (QED) is 0.170. The first-order valence-corrected chi connectivity index (χ1v) is 21.9. The molecule has 14 rings (SSSR count). The van der Waals surface area contributed by atoms with E-state index in [4.69, 9.17) is 4.42 Å². The predicted octanol–water partition coefficient (Wildman–Crippen LogP) is 16.2. The first kappa shape index (κ1) is 35.0. The molecule has 4 nitrogen and oxygen atoms in total. The lowest BCUT2D eigenvalue weighted by molar-refractivity contribution is 0.670. The molecule has 0 spiro atoms. The van der Waals surface area contributed by atoms with E-state index in [2.05, 4.69) is 238 Å². The summed E-state index contributed by atoms with van der Waals surface area (Å²) in [5, 5.41) is 9.56. The average molecular weight is 816 g/mol. The Hall–Kier alpha value is -8.60. The smallest absolute Gasteiger partial charge is 0.145 e. The Morgan fingerprint density at radius 2 is 0.766 bits per heavy atom. The molecule has 0 saturated heterocycles. The lowest BCUT2D eigenvalue weighted by atomic mass is 9.93. The summed E-state index contributed by atoms with van der Waals surface area (Å²) < 4.78 is 14.2.